The number of aliphatic carboxylic acids is 1. The number of halogens is 1. The lowest BCUT2D eigenvalue weighted by Gasteiger charge is -2.32. The maximum absolute atomic E-state index is 12.9. The Bertz CT molecular complexity index is 572. The molecule has 2 rings (SSSR count). The molecule has 0 saturated carbocycles. The highest BCUT2D eigenvalue weighted by Crippen LogP contribution is 2.34. The molecule has 1 heterocycles. The van der Waals surface area contributed by atoms with E-state index in [2.05, 4.69) is 6.92 Å². The van der Waals surface area contributed by atoms with Crippen LogP contribution in [0.2, 0.25) is 0 Å². The summed E-state index contributed by atoms with van der Waals surface area (Å²) in [5.74, 6) is -4.97. The van der Waals surface area contributed by atoms with Gasteiger partial charge in [-0.2, -0.15) is 0 Å². The van der Waals surface area contributed by atoms with Gasteiger partial charge in [-0.25, -0.2) is 4.39 Å². The topological polar surface area (TPSA) is 101 Å². The molecule has 0 bridgehead atoms. The van der Waals surface area contributed by atoms with E-state index >= 15 is 0 Å². The van der Waals surface area contributed by atoms with Crippen molar-refractivity contribution in [2.75, 3.05) is 13.6 Å². The van der Waals surface area contributed by atoms with E-state index in [9.17, 15) is 18.8 Å². The fourth-order valence-electron chi connectivity index (χ4n) is 2.24. The van der Waals surface area contributed by atoms with Crippen LogP contribution in [0.5, 0.6) is 0 Å². The first kappa shape index (κ1) is 18.8. The van der Waals surface area contributed by atoms with Gasteiger partial charge < -0.3 is 10.8 Å². The Balaban J connectivity index is 0.000000593. The Morgan fingerprint density at radius 3 is 2.30 bits per heavy atom. The molecule has 7 heteroatoms. The van der Waals surface area contributed by atoms with Gasteiger partial charge in [0.2, 0.25) is 11.8 Å². The molecular formula is C16H21FN2O4. The number of rotatable bonds is 3. The van der Waals surface area contributed by atoms with Crippen LogP contribution in [0, 0.1) is 11.7 Å². The molecule has 23 heavy (non-hydrogen) atoms. The van der Waals surface area contributed by atoms with E-state index in [1.54, 1.807) is 0 Å². The highest BCUT2D eigenvalue weighted by molar-refractivity contribution is 6.08. The lowest BCUT2D eigenvalue weighted by Crippen LogP contribution is -2.48. The molecule has 1 saturated heterocycles. The van der Waals surface area contributed by atoms with Gasteiger partial charge in [-0.05, 0) is 30.7 Å². The molecule has 2 atom stereocenters. The van der Waals surface area contributed by atoms with Gasteiger partial charge >= 0.3 is 5.97 Å². The summed E-state index contributed by atoms with van der Waals surface area (Å²) in [5, 5.41) is 9.17. The van der Waals surface area contributed by atoms with E-state index in [-0.39, 0.29) is 6.42 Å². The van der Waals surface area contributed by atoms with Crippen molar-refractivity contribution in [2.24, 2.45) is 11.7 Å². The third-order valence-corrected chi connectivity index (χ3v) is 3.62. The number of carboxylic acids is 1. The van der Waals surface area contributed by atoms with Gasteiger partial charge in [-0.3, -0.25) is 19.3 Å². The molecule has 1 aliphatic rings. The number of benzene rings is 1. The number of carbonyl (C=O) groups is 3. The summed E-state index contributed by atoms with van der Waals surface area (Å²) in [6.45, 7) is 2.88. The second-order valence-electron chi connectivity index (χ2n) is 5.26. The molecule has 0 aromatic heterocycles. The summed E-state index contributed by atoms with van der Waals surface area (Å²) in [7, 11) is 1.27. The lowest BCUT2D eigenvalue weighted by molar-refractivity contribution is -0.159. The number of piperidine rings is 1. The highest BCUT2D eigenvalue weighted by Gasteiger charge is 2.44. The van der Waals surface area contributed by atoms with Crippen molar-refractivity contribution in [3.05, 3.63) is 35.6 Å². The van der Waals surface area contributed by atoms with Crippen LogP contribution in [-0.4, -0.2) is 41.4 Å². The van der Waals surface area contributed by atoms with E-state index in [1.807, 2.05) is 0 Å². The minimum Gasteiger partial charge on any atom is -0.481 e. The molecule has 6 nitrogen and oxygen atoms in total. The number of carboxylic acid groups (broad SMARTS) is 1. The van der Waals surface area contributed by atoms with Crippen molar-refractivity contribution in [3.8, 4) is 0 Å². The Kier molecular flexibility index (Phi) is 6.84. The molecule has 2 amide bonds. The standard InChI is InChI=1S/C13H12FNO4.C3H9N/c1-15-10(16)6-9(11(12(15)17)13(18)19)7-2-4-8(14)5-3-7;1-2-3-4/h2-5,9,11H,6H2,1H3,(H,18,19);2-4H2,1H3. The zero-order valence-electron chi connectivity index (χ0n) is 13.2. The quantitative estimate of drug-likeness (QED) is 0.646. The van der Waals surface area contributed by atoms with E-state index in [0.717, 1.165) is 17.9 Å². The van der Waals surface area contributed by atoms with Crippen LogP contribution in [-0.2, 0) is 14.4 Å². The maximum atomic E-state index is 12.9. The van der Waals surface area contributed by atoms with Gasteiger partial charge in [0.1, 0.15) is 11.7 Å². The lowest BCUT2D eigenvalue weighted by atomic mass is 9.79. The van der Waals surface area contributed by atoms with Crippen LogP contribution in [0.25, 0.3) is 0 Å². The van der Waals surface area contributed by atoms with Crippen molar-refractivity contribution in [1.82, 2.24) is 4.90 Å². The van der Waals surface area contributed by atoms with Crippen molar-refractivity contribution < 1.29 is 23.9 Å². The number of carbonyl (C=O) groups excluding carboxylic acids is 2. The summed E-state index contributed by atoms with van der Waals surface area (Å²) in [6.07, 6.45) is 1.02. The Morgan fingerprint density at radius 1 is 1.35 bits per heavy atom. The minimum atomic E-state index is -1.31. The number of hydrogen-bond donors (Lipinski definition) is 2. The van der Waals surface area contributed by atoms with Crippen LogP contribution >= 0.6 is 0 Å². The molecule has 1 aliphatic heterocycles. The SMILES string of the molecule is CCCN.CN1C(=O)CC(c2ccc(F)cc2)C(C(=O)O)C1=O. The summed E-state index contributed by atoms with van der Waals surface area (Å²) in [4.78, 5) is 35.6. The zero-order chi connectivity index (χ0) is 17.6. The highest BCUT2D eigenvalue weighted by atomic mass is 19.1. The van der Waals surface area contributed by atoms with Gasteiger partial charge in [0.25, 0.3) is 0 Å². The fourth-order valence-corrected chi connectivity index (χ4v) is 2.24. The predicted molar refractivity (Wildman–Crippen MR) is 82.0 cm³/mol. The van der Waals surface area contributed by atoms with Crippen LogP contribution in [0.3, 0.4) is 0 Å². The molecule has 126 valence electrons. The summed E-state index contributed by atoms with van der Waals surface area (Å²) in [5.41, 5.74) is 5.50. The van der Waals surface area contributed by atoms with Crippen LogP contribution in [0.15, 0.2) is 24.3 Å². The second kappa shape index (κ2) is 8.38. The molecule has 0 radical (unpaired) electrons. The zero-order valence-corrected chi connectivity index (χ0v) is 13.2. The normalized spacial score (nSPS) is 20.8. The first-order chi connectivity index (χ1) is 10.8. The van der Waals surface area contributed by atoms with Gasteiger partial charge in [-0.15, -0.1) is 0 Å². The monoisotopic (exact) mass is 324 g/mol. The van der Waals surface area contributed by atoms with E-state index < -0.39 is 35.4 Å². The molecule has 3 N–H and O–H groups in total. The molecule has 0 aliphatic carbocycles. The number of likely N-dealkylation sites (tertiary alicyclic amines) is 1. The van der Waals surface area contributed by atoms with E-state index in [1.165, 1.54) is 31.3 Å². The molecule has 2 unspecified atom stereocenters. The smallest absolute Gasteiger partial charge is 0.316 e. The Labute approximate surface area is 134 Å². The summed E-state index contributed by atoms with van der Waals surface area (Å²) < 4.78 is 12.9. The van der Waals surface area contributed by atoms with Crippen LogP contribution in [0.4, 0.5) is 4.39 Å². The predicted octanol–water partition coefficient (Wildman–Crippen LogP) is 1.35. The maximum Gasteiger partial charge on any atom is 0.316 e. The van der Waals surface area contributed by atoms with Gasteiger partial charge in [0.15, 0.2) is 0 Å². The Hall–Kier alpha value is -2.28. The number of imide groups is 1. The van der Waals surface area contributed by atoms with Crippen molar-refractivity contribution in [2.45, 2.75) is 25.7 Å². The van der Waals surface area contributed by atoms with Gasteiger partial charge in [0, 0.05) is 19.4 Å². The second-order valence-corrected chi connectivity index (χ2v) is 5.26. The largest absolute Gasteiger partial charge is 0.481 e. The molecule has 1 aromatic rings. The van der Waals surface area contributed by atoms with Crippen molar-refractivity contribution in [3.63, 3.8) is 0 Å². The average molecular weight is 324 g/mol. The minimum absolute atomic E-state index is 0.0785. The summed E-state index contributed by atoms with van der Waals surface area (Å²) >= 11 is 0. The summed E-state index contributed by atoms with van der Waals surface area (Å²) in [6, 6.07) is 5.17. The third-order valence-electron chi connectivity index (χ3n) is 3.62. The van der Waals surface area contributed by atoms with Crippen molar-refractivity contribution >= 4 is 17.8 Å². The first-order valence-electron chi connectivity index (χ1n) is 7.32. The molecule has 1 aromatic carbocycles. The van der Waals surface area contributed by atoms with E-state index in [0.29, 0.717) is 5.56 Å². The van der Waals surface area contributed by atoms with Crippen LogP contribution in [0.1, 0.15) is 31.2 Å². The molecule has 0 spiro atoms. The Morgan fingerprint density at radius 2 is 1.87 bits per heavy atom. The average Bonchev–Trinajstić information content (AvgIpc) is 2.52. The van der Waals surface area contributed by atoms with Gasteiger partial charge in [-0.1, -0.05) is 19.1 Å². The molecular weight excluding hydrogens is 303 g/mol. The number of hydrogen-bond acceptors (Lipinski definition) is 4. The molecule has 1 fully saturated rings. The van der Waals surface area contributed by atoms with E-state index in [4.69, 9.17) is 10.8 Å². The third kappa shape index (κ3) is 4.59. The van der Waals surface area contributed by atoms with Crippen LogP contribution < -0.4 is 5.73 Å². The number of nitrogens with two attached hydrogens (primary N) is 1. The number of amides is 2. The first-order valence-corrected chi connectivity index (χ1v) is 7.32. The van der Waals surface area contributed by atoms with Gasteiger partial charge in [0.05, 0.1) is 0 Å². The van der Waals surface area contributed by atoms with Crippen molar-refractivity contribution in [1.29, 1.82) is 0 Å². The number of nitrogens with zero attached hydrogens (tertiary/aromatic N) is 1. The fraction of sp³-hybridized carbons (Fsp3) is 0.438.